The summed E-state index contributed by atoms with van der Waals surface area (Å²) in [5.41, 5.74) is 0.684. The van der Waals surface area contributed by atoms with Crippen molar-refractivity contribution in [3.8, 4) is 11.5 Å². The van der Waals surface area contributed by atoms with Gasteiger partial charge in [-0.25, -0.2) is 0 Å². The standard InChI is InChI=1S/C13H21NO6S.Na.H/c1-4-20-14(6-5-7-21(15,16)17)11-8-12(18-2)10-13(9-11)19-3;;/h8-10H,4-7H2,1-3H3,(H,15,16,17);;. The second-order valence-corrected chi connectivity index (χ2v) is 5.80. The van der Waals surface area contributed by atoms with E-state index in [1.807, 2.05) is 6.92 Å². The molecule has 0 bridgehead atoms. The fourth-order valence-corrected chi connectivity index (χ4v) is 2.24. The first-order chi connectivity index (χ1) is 9.89. The van der Waals surface area contributed by atoms with E-state index in [1.54, 1.807) is 37.5 Å². The molecule has 0 amide bonds. The SMILES string of the molecule is CCON(CCCS(=O)(=O)O)c1cc(OC)cc(OC)c1.[NaH]. The Balaban J connectivity index is 0.00000441. The van der Waals surface area contributed by atoms with Crippen molar-refractivity contribution >= 4 is 45.4 Å². The van der Waals surface area contributed by atoms with Crippen molar-refractivity contribution in [1.82, 2.24) is 0 Å². The van der Waals surface area contributed by atoms with Gasteiger partial charge in [0, 0.05) is 24.7 Å². The number of hydroxylamine groups is 1. The fourth-order valence-electron chi connectivity index (χ4n) is 1.75. The summed E-state index contributed by atoms with van der Waals surface area (Å²) in [5, 5.41) is 1.55. The molecule has 1 rings (SSSR count). The first-order valence-corrected chi connectivity index (χ1v) is 8.09. The predicted molar refractivity (Wildman–Crippen MR) is 86.7 cm³/mol. The molecule has 7 nitrogen and oxygen atoms in total. The fraction of sp³-hybridized carbons (Fsp3) is 0.538. The normalized spacial score (nSPS) is 10.7. The first-order valence-electron chi connectivity index (χ1n) is 6.48. The van der Waals surface area contributed by atoms with Gasteiger partial charge in [0.25, 0.3) is 10.1 Å². The molecule has 0 unspecified atom stereocenters. The molecular formula is C13H22NNaO6S. The number of methoxy groups -OCH3 is 2. The zero-order chi connectivity index (χ0) is 15.9. The van der Waals surface area contributed by atoms with Crippen LogP contribution in [0.15, 0.2) is 18.2 Å². The van der Waals surface area contributed by atoms with Crippen molar-refractivity contribution in [3.05, 3.63) is 18.2 Å². The number of nitrogens with zero attached hydrogens (tertiary/aromatic N) is 1. The summed E-state index contributed by atoms with van der Waals surface area (Å²) >= 11 is 0. The van der Waals surface area contributed by atoms with E-state index in [2.05, 4.69) is 0 Å². The van der Waals surface area contributed by atoms with Crippen LogP contribution in [0.3, 0.4) is 0 Å². The van der Waals surface area contributed by atoms with Crippen LogP contribution in [0.4, 0.5) is 5.69 Å². The Bertz CT molecular complexity index is 529. The Hall–Kier alpha value is -0.510. The van der Waals surface area contributed by atoms with Crippen molar-refractivity contribution < 1.29 is 27.3 Å². The number of benzene rings is 1. The molecule has 0 atom stereocenters. The van der Waals surface area contributed by atoms with Gasteiger partial charge in [0.2, 0.25) is 0 Å². The zero-order valence-electron chi connectivity index (χ0n) is 12.4. The van der Waals surface area contributed by atoms with Crippen LogP contribution in [0.1, 0.15) is 13.3 Å². The molecular weight excluding hydrogens is 321 g/mol. The van der Waals surface area contributed by atoms with Crippen molar-refractivity contribution in [2.75, 3.05) is 38.2 Å². The summed E-state index contributed by atoms with van der Waals surface area (Å²) < 4.78 is 40.7. The summed E-state index contributed by atoms with van der Waals surface area (Å²) in [6.45, 7) is 2.56. The minimum absolute atomic E-state index is 0. The summed E-state index contributed by atoms with van der Waals surface area (Å²) in [6, 6.07) is 5.24. The second-order valence-electron chi connectivity index (χ2n) is 4.23. The van der Waals surface area contributed by atoms with Gasteiger partial charge in [-0.3, -0.25) is 14.5 Å². The molecule has 0 aliphatic rings. The number of hydrogen-bond acceptors (Lipinski definition) is 6. The molecule has 0 aromatic heterocycles. The van der Waals surface area contributed by atoms with Gasteiger partial charge in [0.15, 0.2) is 0 Å². The Labute approximate surface area is 153 Å². The van der Waals surface area contributed by atoms with Gasteiger partial charge in [-0.2, -0.15) is 8.42 Å². The topological polar surface area (TPSA) is 85.3 Å². The molecule has 0 heterocycles. The summed E-state index contributed by atoms with van der Waals surface area (Å²) in [7, 11) is -0.887. The zero-order valence-corrected chi connectivity index (χ0v) is 13.2. The van der Waals surface area contributed by atoms with E-state index in [0.29, 0.717) is 30.3 Å². The minimum atomic E-state index is -3.97. The maximum atomic E-state index is 10.8. The Kier molecular flexibility index (Phi) is 10.1. The van der Waals surface area contributed by atoms with Crippen molar-refractivity contribution in [2.24, 2.45) is 0 Å². The number of rotatable bonds is 9. The van der Waals surface area contributed by atoms with Crippen LogP contribution in [0, 0.1) is 0 Å². The molecule has 22 heavy (non-hydrogen) atoms. The van der Waals surface area contributed by atoms with Crippen LogP contribution < -0.4 is 14.5 Å². The number of hydrogen-bond donors (Lipinski definition) is 1. The molecule has 0 saturated heterocycles. The molecule has 1 N–H and O–H groups in total. The number of ether oxygens (including phenoxy) is 2. The third kappa shape index (κ3) is 7.66. The van der Waals surface area contributed by atoms with E-state index in [0.717, 1.165) is 0 Å². The van der Waals surface area contributed by atoms with Crippen LogP contribution in [0.2, 0.25) is 0 Å². The molecule has 0 aliphatic carbocycles. The van der Waals surface area contributed by atoms with Crippen LogP contribution in [0.5, 0.6) is 11.5 Å². The van der Waals surface area contributed by atoms with Gasteiger partial charge in [0.1, 0.15) is 11.5 Å². The average molecular weight is 343 g/mol. The predicted octanol–water partition coefficient (Wildman–Crippen LogP) is 1.09. The molecule has 0 aliphatic heterocycles. The van der Waals surface area contributed by atoms with Crippen molar-refractivity contribution in [1.29, 1.82) is 0 Å². The van der Waals surface area contributed by atoms with Gasteiger partial charge >= 0.3 is 29.6 Å². The van der Waals surface area contributed by atoms with Gasteiger partial charge in [-0.05, 0) is 13.3 Å². The van der Waals surface area contributed by atoms with Crippen LogP contribution in [-0.4, -0.2) is 75.7 Å². The molecule has 0 saturated carbocycles. The van der Waals surface area contributed by atoms with Crippen LogP contribution in [-0.2, 0) is 15.0 Å². The van der Waals surface area contributed by atoms with E-state index in [1.165, 1.54) is 0 Å². The first kappa shape index (κ1) is 21.5. The van der Waals surface area contributed by atoms with E-state index >= 15 is 0 Å². The van der Waals surface area contributed by atoms with Crippen LogP contribution >= 0.6 is 0 Å². The molecule has 1 aromatic carbocycles. The summed E-state index contributed by atoms with van der Waals surface area (Å²) in [5.74, 6) is 0.880. The van der Waals surface area contributed by atoms with Crippen LogP contribution in [0.25, 0.3) is 0 Å². The molecule has 1 aromatic rings. The Morgan fingerprint density at radius 1 is 1.14 bits per heavy atom. The second kappa shape index (κ2) is 10.3. The van der Waals surface area contributed by atoms with Gasteiger partial charge < -0.3 is 9.47 Å². The molecule has 0 spiro atoms. The van der Waals surface area contributed by atoms with E-state index in [-0.39, 0.29) is 41.7 Å². The third-order valence-corrected chi connectivity index (χ3v) is 3.48. The molecule has 0 radical (unpaired) electrons. The van der Waals surface area contributed by atoms with E-state index in [4.69, 9.17) is 18.9 Å². The monoisotopic (exact) mass is 343 g/mol. The van der Waals surface area contributed by atoms with Crippen molar-refractivity contribution in [2.45, 2.75) is 13.3 Å². The third-order valence-electron chi connectivity index (χ3n) is 2.67. The van der Waals surface area contributed by atoms with Gasteiger partial charge in [0.05, 0.1) is 32.3 Å². The molecule has 122 valence electrons. The summed E-state index contributed by atoms with van der Waals surface area (Å²) in [6.07, 6.45) is 0.234. The number of anilines is 1. The Morgan fingerprint density at radius 3 is 2.09 bits per heavy atom. The van der Waals surface area contributed by atoms with E-state index in [9.17, 15) is 8.42 Å². The van der Waals surface area contributed by atoms with Crippen molar-refractivity contribution in [3.63, 3.8) is 0 Å². The van der Waals surface area contributed by atoms with Gasteiger partial charge in [-0.1, -0.05) is 0 Å². The maximum absolute atomic E-state index is 10.8. The quantitative estimate of drug-likeness (QED) is 0.408. The van der Waals surface area contributed by atoms with Gasteiger partial charge in [-0.15, -0.1) is 0 Å². The molecule has 0 fully saturated rings. The average Bonchev–Trinajstić information content (AvgIpc) is 2.44. The van der Waals surface area contributed by atoms with E-state index < -0.39 is 10.1 Å². The summed E-state index contributed by atoms with van der Waals surface area (Å²) in [4.78, 5) is 5.49. The Morgan fingerprint density at radius 2 is 1.68 bits per heavy atom. The molecule has 9 heteroatoms.